The zero-order valence-corrected chi connectivity index (χ0v) is 14.3. The van der Waals surface area contributed by atoms with Crippen LogP contribution >= 0.6 is 11.8 Å². The van der Waals surface area contributed by atoms with Gasteiger partial charge >= 0.3 is 0 Å². The Morgan fingerprint density at radius 2 is 1.46 bits per heavy atom. The number of rotatable bonds is 3. The summed E-state index contributed by atoms with van der Waals surface area (Å²) in [6.07, 6.45) is 1.43. The van der Waals surface area contributed by atoms with Gasteiger partial charge in [-0.2, -0.15) is 0 Å². The number of hydrogen-bond donors (Lipinski definition) is 1. The van der Waals surface area contributed by atoms with E-state index < -0.39 is 5.79 Å². The summed E-state index contributed by atoms with van der Waals surface area (Å²) in [5, 5.41) is 10.1. The summed E-state index contributed by atoms with van der Waals surface area (Å²) in [5.74, 6) is -0.584. The molecule has 3 unspecified atom stereocenters. The normalized spacial score (nSPS) is 33.0. The Bertz CT molecular complexity index is 614. The first-order valence-electron chi connectivity index (χ1n) is 8.46. The molecule has 2 aromatic carbocycles. The lowest BCUT2D eigenvalue weighted by Crippen LogP contribution is -2.38. The molecule has 126 valence electrons. The Morgan fingerprint density at radius 3 is 1.92 bits per heavy atom. The van der Waals surface area contributed by atoms with Crippen LogP contribution in [-0.4, -0.2) is 30.2 Å². The zero-order valence-electron chi connectivity index (χ0n) is 13.5. The Hall–Kier alpha value is -1.33. The predicted octanol–water partition coefficient (Wildman–Crippen LogP) is 4.10. The van der Waals surface area contributed by atoms with Gasteiger partial charge in [0, 0.05) is 23.3 Å². The van der Waals surface area contributed by atoms with Gasteiger partial charge in [0.2, 0.25) is 0 Å². The van der Waals surface area contributed by atoms with Crippen LogP contribution in [0.2, 0.25) is 0 Å². The molecule has 0 radical (unpaired) electrons. The summed E-state index contributed by atoms with van der Waals surface area (Å²) in [6, 6.07) is 21.1. The number of ether oxygens (including phenoxy) is 2. The minimum atomic E-state index is -0.584. The largest absolute Gasteiger partial charge is 0.394 e. The molecule has 0 amide bonds. The first kappa shape index (κ1) is 16.2. The highest BCUT2D eigenvalue weighted by atomic mass is 32.2. The third-order valence-electron chi connectivity index (χ3n) is 4.78. The number of aliphatic hydroxyl groups excluding tert-OH is 1. The number of hydrogen-bond acceptors (Lipinski definition) is 4. The molecule has 1 N–H and O–H groups in total. The molecule has 3 nitrogen and oxygen atoms in total. The molecule has 2 fully saturated rings. The maximum atomic E-state index is 9.44. The van der Waals surface area contributed by atoms with Crippen LogP contribution in [0, 0.1) is 0 Å². The van der Waals surface area contributed by atoms with E-state index in [4.69, 9.17) is 9.47 Å². The highest BCUT2D eigenvalue weighted by molar-refractivity contribution is 7.99. The Labute approximate surface area is 147 Å². The molecule has 24 heavy (non-hydrogen) atoms. The standard InChI is InChI=1S/C20H22O3S/c21-13-17-14-22-20(23-17)11-18(15-7-3-1-4-8-15)24-19(12-20)16-9-5-2-6-10-16/h1-10,17-19,21H,11-14H2. The first-order valence-corrected chi connectivity index (χ1v) is 9.40. The van der Waals surface area contributed by atoms with E-state index in [2.05, 4.69) is 48.5 Å². The van der Waals surface area contributed by atoms with E-state index >= 15 is 0 Å². The first-order chi connectivity index (χ1) is 11.8. The predicted molar refractivity (Wildman–Crippen MR) is 95.8 cm³/mol. The lowest BCUT2D eigenvalue weighted by Gasteiger charge is -2.41. The summed E-state index contributed by atoms with van der Waals surface area (Å²) in [6.45, 7) is 0.491. The van der Waals surface area contributed by atoms with Crippen LogP contribution in [0.15, 0.2) is 60.7 Å². The SMILES string of the molecule is OCC1COC2(CC(c3ccccc3)SC(c3ccccc3)C2)O1. The molecule has 2 saturated heterocycles. The van der Waals surface area contributed by atoms with E-state index in [1.54, 1.807) is 0 Å². The van der Waals surface area contributed by atoms with E-state index in [1.165, 1.54) is 11.1 Å². The summed E-state index contributed by atoms with van der Waals surface area (Å²) in [7, 11) is 0. The van der Waals surface area contributed by atoms with E-state index in [9.17, 15) is 5.11 Å². The van der Waals surface area contributed by atoms with Crippen molar-refractivity contribution >= 4 is 11.8 Å². The van der Waals surface area contributed by atoms with Crippen molar-refractivity contribution in [3.05, 3.63) is 71.8 Å². The molecule has 0 saturated carbocycles. The molecular formula is C20H22O3S. The Morgan fingerprint density at radius 1 is 0.917 bits per heavy atom. The lowest BCUT2D eigenvalue weighted by atomic mass is 9.96. The third kappa shape index (κ3) is 3.24. The molecule has 1 spiro atoms. The van der Waals surface area contributed by atoms with Crippen LogP contribution in [0.25, 0.3) is 0 Å². The Balaban J connectivity index is 1.64. The van der Waals surface area contributed by atoms with Crippen molar-refractivity contribution in [1.82, 2.24) is 0 Å². The molecule has 2 aromatic rings. The van der Waals surface area contributed by atoms with Crippen molar-refractivity contribution in [2.24, 2.45) is 0 Å². The highest BCUT2D eigenvalue weighted by Gasteiger charge is 2.48. The van der Waals surface area contributed by atoms with Crippen LogP contribution in [0.3, 0.4) is 0 Å². The van der Waals surface area contributed by atoms with Crippen LogP contribution in [0.4, 0.5) is 0 Å². The second kappa shape index (κ2) is 6.89. The molecule has 3 atom stereocenters. The highest BCUT2D eigenvalue weighted by Crippen LogP contribution is 2.56. The van der Waals surface area contributed by atoms with Crippen molar-refractivity contribution in [2.75, 3.05) is 13.2 Å². The fourth-order valence-electron chi connectivity index (χ4n) is 3.59. The molecular weight excluding hydrogens is 320 g/mol. The van der Waals surface area contributed by atoms with Gasteiger partial charge < -0.3 is 14.6 Å². The maximum absolute atomic E-state index is 9.44. The molecule has 4 heteroatoms. The Kier molecular flexibility index (Phi) is 4.63. The van der Waals surface area contributed by atoms with Gasteiger partial charge in [0.05, 0.1) is 13.2 Å². The van der Waals surface area contributed by atoms with Crippen LogP contribution in [-0.2, 0) is 9.47 Å². The minimum Gasteiger partial charge on any atom is -0.394 e. The van der Waals surface area contributed by atoms with E-state index in [-0.39, 0.29) is 12.7 Å². The number of thioether (sulfide) groups is 1. The monoisotopic (exact) mass is 342 g/mol. The van der Waals surface area contributed by atoms with Gasteiger partial charge in [-0.15, -0.1) is 11.8 Å². The van der Waals surface area contributed by atoms with E-state index in [0.717, 1.165) is 12.8 Å². The van der Waals surface area contributed by atoms with Crippen LogP contribution in [0.5, 0.6) is 0 Å². The van der Waals surface area contributed by atoms with Crippen molar-refractivity contribution in [3.8, 4) is 0 Å². The van der Waals surface area contributed by atoms with Crippen molar-refractivity contribution in [2.45, 2.75) is 35.2 Å². The topological polar surface area (TPSA) is 38.7 Å². The summed E-state index contributed by atoms with van der Waals surface area (Å²) >= 11 is 1.98. The molecule has 0 aromatic heterocycles. The van der Waals surface area contributed by atoms with E-state index in [0.29, 0.717) is 17.1 Å². The van der Waals surface area contributed by atoms with Gasteiger partial charge in [-0.3, -0.25) is 0 Å². The number of aliphatic hydroxyl groups is 1. The van der Waals surface area contributed by atoms with Crippen molar-refractivity contribution < 1.29 is 14.6 Å². The van der Waals surface area contributed by atoms with Gasteiger partial charge in [-0.25, -0.2) is 0 Å². The van der Waals surface area contributed by atoms with Gasteiger partial charge in [0.15, 0.2) is 5.79 Å². The van der Waals surface area contributed by atoms with Crippen LogP contribution < -0.4 is 0 Å². The van der Waals surface area contributed by atoms with Crippen LogP contribution in [0.1, 0.15) is 34.5 Å². The third-order valence-corrected chi connectivity index (χ3v) is 6.32. The molecule has 0 aliphatic carbocycles. The molecule has 0 bridgehead atoms. The average molecular weight is 342 g/mol. The number of benzene rings is 2. The van der Waals surface area contributed by atoms with Gasteiger partial charge in [0.25, 0.3) is 0 Å². The van der Waals surface area contributed by atoms with E-state index in [1.807, 2.05) is 23.9 Å². The van der Waals surface area contributed by atoms with Gasteiger partial charge in [-0.1, -0.05) is 60.7 Å². The van der Waals surface area contributed by atoms with Crippen molar-refractivity contribution in [3.63, 3.8) is 0 Å². The van der Waals surface area contributed by atoms with Gasteiger partial charge in [-0.05, 0) is 11.1 Å². The molecule has 2 aliphatic heterocycles. The molecule has 2 heterocycles. The lowest BCUT2D eigenvalue weighted by molar-refractivity contribution is -0.183. The molecule has 4 rings (SSSR count). The second-order valence-electron chi connectivity index (χ2n) is 6.49. The average Bonchev–Trinajstić information content (AvgIpc) is 3.05. The minimum absolute atomic E-state index is 0.0148. The smallest absolute Gasteiger partial charge is 0.171 e. The zero-order chi connectivity index (χ0) is 16.4. The maximum Gasteiger partial charge on any atom is 0.171 e. The van der Waals surface area contributed by atoms with Gasteiger partial charge in [0.1, 0.15) is 6.10 Å². The molecule has 2 aliphatic rings. The summed E-state index contributed by atoms with van der Waals surface area (Å²) in [4.78, 5) is 0. The quantitative estimate of drug-likeness (QED) is 0.911. The fourth-order valence-corrected chi connectivity index (χ4v) is 5.32. The summed E-state index contributed by atoms with van der Waals surface area (Å²) < 4.78 is 12.2. The van der Waals surface area contributed by atoms with Crippen molar-refractivity contribution in [1.29, 1.82) is 0 Å². The fraction of sp³-hybridized carbons (Fsp3) is 0.400. The summed E-state index contributed by atoms with van der Waals surface area (Å²) in [5.41, 5.74) is 2.62. The second-order valence-corrected chi connectivity index (χ2v) is 7.90.